The number of nitrogens with two attached hydrogens (primary N) is 2. The molecule has 32 heteroatoms. The Morgan fingerprint density at radius 2 is 1.63 bits per heavy atom. The molecule has 0 spiro atoms. The van der Waals surface area contributed by atoms with Crippen molar-refractivity contribution in [3.63, 3.8) is 0 Å². The number of hydrogen-bond donors (Lipinski definition) is 6. The second-order valence-corrected chi connectivity index (χ2v) is 26.0. The fourth-order valence-electron chi connectivity index (χ4n) is 9.91. The summed E-state index contributed by atoms with van der Waals surface area (Å²) in [4.78, 5) is 111. The van der Waals surface area contributed by atoms with E-state index < -0.39 is 93.2 Å². The normalized spacial score (nSPS) is 25.7. The average molecular weight is 1190 g/mol. The molecule has 2 unspecified atom stereocenters. The lowest BCUT2D eigenvalue weighted by molar-refractivity contribution is -0.184. The highest BCUT2D eigenvalue weighted by molar-refractivity contribution is 8.54. The van der Waals surface area contributed by atoms with Crippen LogP contribution in [0, 0.1) is 11.8 Å². The third kappa shape index (κ3) is 12.9. The first kappa shape index (κ1) is 59.5. The number of carbonyl (C=O) groups is 5. The third-order valence-electron chi connectivity index (χ3n) is 14.5. The fraction of sp³-hybridized carbons (Fsp3) is 0.531. The number of carbonyl (C=O) groups excluding carboxylic acids is 5. The van der Waals surface area contributed by atoms with Crippen LogP contribution in [0.25, 0.3) is 22.3 Å². The number of rotatable bonds is 27. The smallest absolute Gasteiger partial charge is 0.387 e. The van der Waals surface area contributed by atoms with E-state index in [1.165, 1.54) is 54.3 Å². The number of imide groups is 1. The number of nitrogens with one attached hydrogen (secondary N) is 2. The number of aliphatic hydroxyl groups is 1. The number of benzene rings is 1. The number of anilines is 2. The van der Waals surface area contributed by atoms with Crippen molar-refractivity contribution < 1.29 is 75.4 Å². The molecule has 0 radical (unpaired) electrons. The molecule has 0 aliphatic carbocycles. The molecule has 5 aromatic rings. The van der Waals surface area contributed by atoms with Crippen LogP contribution in [0.15, 0.2) is 60.2 Å². The fourth-order valence-corrected chi connectivity index (χ4v) is 13.9. The predicted octanol–water partition coefficient (Wildman–Crippen LogP) is 2.98. The Balaban J connectivity index is 0.821. The van der Waals surface area contributed by atoms with Gasteiger partial charge in [-0.3, -0.25) is 61.4 Å². The highest BCUT2D eigenvalue weighted by Gasteiger charge is 2.66. The number of hydrogen-bond acceptors (Lipinski definition) is 24. The molecule has 29 nitrogen and oxygen atoms in total. The number of H-pyrrole nitrogens is 1. The summed E-state index contributed by atoms with van der Waals surface area (Å²) in [6.07, 6.45) is -0.785. The van der Waals surface area contributed by atoms with E-state index in [4.69, 9.17) is 43.8 Å². The van der Waals surface area contributed by atoms with Gasteiger partial charge in [0.15, 0.2) is 40.9 Å². The van der Waals surface area contributed by atoms with Crippen LogP contribution in [-0.4, -0.2) is 152 Å². The Bertz CT molecular complexity index is 3380. The number of nitrogen functional groups attached to an aromatic ring is 2. The molecule has 8 N–H and O–H groups in total. The van der Waals surface area contributed by atoms with E-state index in [9.17, 15) is 47.9 Å². The Kier molecular flexibility index (Phi) is 17.9. The number of phosphoric ester groups is 1. The molecule has 81 heavy (non-hydrogen) atoms. The maximum Gasteiger partial charge on any atom is 0.472 e. The molecule has 8 heterocycles. The number of unbranched alkanes of at least 4 members (excludes halogenated alkanes) is 2. The number of aromatic amines is 1. The summed E-state index contributed by atoms with van der Waals surface area (Å²) in [5.41, 5.74) is 11.0. The molecule has 12 atom stereocenters. The van der Waals surface area contributed by atoms with Crippen molar-refractivity contribution in [3.05, 3.63) is 76.9 Å². The summed E-state index contributed by atoms with van der Waals surface area (Å²) in [5, 5.41) is 13.9. The van der Waals surface area contributed by atoms with Gasteiger partial charge < -0.3 is 45.5 Å². The number of amides is 3. The van der Waals surface area contributed by atoms with E-state index in [-0.39, 0.29) is 102 Å². The van der Waals surface area contributed by atoms with Crippen molar-refractivity contribution in [2.45, 2.75) is 127 Å². The van der Waals surface area contributed by atoms with Crippen molar-refractivity contribution in [1.82, 2.24) is 49.3 Å². The van der Waals surface area contributed by atoms with Crippen molar-refractivity contribution in [3.8, 4) is 0 Å². The summed E-state index contributed by atoms with van der Waals surface area (Å²) in [7, 11) is -4.04. The molecule has 4 aromatic heterocycles. The zero-order valence-corrected chi connectivity index (χ0v) is 47.2. The molecular weight excluding hydrogens is 1120 g/mol. The zero-order valence-electron chi connectivity index (χ0n) is 44.6. The van der Waals surface area contributed by atoms with Gasteiger partial charge in [0.05, 0.1) is 38.0 Å². The molecule has 4 aliphatic heterocycles. The van der Waals surface area contributed by atoms with Crippen molar-refractivity contribution >= 4 is 89.4 Å². The quantitative estimate of drug-likeness (QED) is 0.0250. The minimum Gasteiger partial charge on any atom is -0.387 e. The van der Waals surface area contributed by atoms with Gasteiger partial charge in [-0.1, -0.05) is 44.5 Å². The zero-order chi connectivity index (χ0) is 58.1. The number of fused-ring (bicyclic) bond motifs is 4. The summed E-state index contributed by atoms with van der Waals surface area (Å²) in [6.45, 7) is 1.74. The second kappa shape index (κ2) is 24.4. The van der Waals surface area contributed by atoms with Crippen LogP contribution in [0.4, 0.5) is 11.8 Å². The first-order chi connectivity index (χ1) is 38.5. The third-order valence-corrected chi connectivity index (χ3v) is 19.2. The standard InChI is InChI=1S/C49H62N12O17P2S/c1-25(2)31(18-30(62)9-7-6-8-16-59-33(64)14-15-34(59)65)44(67)56-26(3)32(63)17-28-10-12-29(13-11-28)19-81-80(71,72-5)78-40-39-47(60-23-54-35-41(50)52-22-53-42(35)60)76-49(40,20-73-39)21-74-79(69,70)77-38-37(66)27(4)75-46(38)61-24-55-36-43(61)57-48(51)58-45(36)68/h10-15,22-27,31,37-40,46-47,66H,6-9,16-21H2,1-5H3,(H,56,67)(H,69,70)(H2,50,52,53)(H3,51,57,58,68)/t26-,27+,31-,37+,38+,39+,40-,46+,47+,49+,80?/m0/s1. The molecular formula is C49H62N12O17P2S. The number of Topliss-reactive ketones (excluding diaryl/α,β-unsaturated/α-hetero) is 2. The Hall–Kier alpha value is -6.14. The molecule has 3 fully saturated rings. The second-order valence-electron chi connectivity index (χ2n) is 20.4. The Morgan fingerprint density at radius 3 is 2.33 bits per heavy atom. The largest absolute Gasteiger partial charge is 0.472 e. The number of imidazole rings is 2. The molecule has 0 saturated carbocycles. The van der Waals surface area contributed by atoms with Crippen LogP contribution in [0.1, 0.15) is 83.4 Å². The molecule has 1 aromatic carbocycles. The molecule has 436 valence electrons. The summed E-state index contributed by atoms with van der Waals surface area (Å²) in [6, 6.07) is 6.03. The number of aliphatic hydroxyl groups excluding tert-OH is 1. The Morgan fingerprint density at radius 1 is 0.938 bits per heavy atom. The van der Waals surface area contributed by atoms with Crippen molar-refractivity contribution in [2.24, 2.45) is 11.8 Å². The van der Waals surface area contributed by atoms with Gasteiger partial charge >= 0.3 is 14.6 Å². The van der Waals surface area contributed by atoms with Crippen LogP contribution in [0.5, 0.6) is 0 Å². The highest BCUT2D eigenvalue weighted by atomic mass is 32.7. The molecule has 2 bridgehead atoms. The first-order valence-corrected chi connectivity index (χ1v) is 30.5. The van der Waals surface area contributed by atoms with Gasteiger partial charge in [-0.25, -0.2) is 29.1 Å². The monoisotopic (exact) mass is 1180 g/mol. The van der Waals surface area contributed by atoms with E-state index in [0.29, 0.717) is 30.4 Å². The number of phosphoric acid groups is 1. The lowest BCUT2D eigenvalue weighted by Gasteiger charge is -2.32. The van der Waals surface area contributed by atoms with E-state index in [1.807, 2.05) is 13.8 Å². The minimum atomic E-state index is -5.23. The molecule has 3 saturated heterocycles. The van der Waals surface area contributed by atoms with Gasteiger partial charge in [0.2, 0.25) is 11.9 Å². The van der Waals surface area contributed by atoms with Gasteiger partial charge in [0.25, 0.3) is 17.4 Å². The SMILES string of the molecule is COP(=O)(O[C@H]1[C@H]2OC[C@]1(COP(=O)(O)O[C@@H]1[C@H](O)[C@@H](C)O[C@H]1n1cnc3c(=O)[nH]c(N)nc31)O[C@H]2n1cnc2c(N)ncnc21)SCc1ccc(CC(=O)[C@H](C)NC(=O)[C@@H](CC(=O)CCCCCN2C(=O)C=CC2=O)C(C)C)cc1. The summed E-state index contributed by atoms with van der Waals surface area (Å²) >= 11 is 0.822. The van der Waals surface area contributed by atoms with Crippen molar-refractivity contribution in [1.29, 1.82) is 0 Å². The Labute approximate surface area is 466 Å². The van der Waals surface area contributed by atoms with E-state index >= 15 is 0 Å². The van der Waals surface area contributed by atoms with Gasteiger partial charge in [0, 0.05) is 56.7 Å². The predicted molar refractivity (Wildman–Crippen MR) is 287 cm³/mol. The summed E-state index contributed by atoms with van der Waals surface area (Å²) < 4.78 is 73.1. The molecule has 9 rings (SSSR count). The molecule has 4 aliphatic rings. The minimum absolute atomic E-state index is 0.00588. The maximum atomic E-state index is 14.6. The molecule has 3 amide bonds. The van der Waals surface area contributed by atoms with Gasteiger partial charge in [-0.05, 0) is 55.1 Å². The highest BCUT2D eigenvalue weighted by Crippen LogP contribution is 2.65. The number of ether oxygens (including phenoxy) is 3. The average Bonchev–Trinajstić information content (AvgIpc) is 4.40. The van der Waals surface area contributed by atoms with Gasteiger partial charge in [-0.2, -0.15) is 4.98 Å². The van der Waals surface area contributed by atoms with Crippen molar-refractivity contribution in [2.75, 3.05) is 38.3 Å². The number of aromatic nitrogens is 8. The maximum absolute atomic E-state index is 14.6. The van der Waals surface area contributed by atoms with Gasteiger partial charge in [0.1, 0.15) is 47.6 Å². The van der Waals surface area contributed by atoms with Crippen LogP contribution < -0.4 is 22.3 Å². The van der Waals surface area contributed by atoms with E-state index in [1.54, 1.807) is 31.2 Å². The number of nitrogens with zero attached hydrogens (tertiary/aromatic N) is 8. The topological polar surface area (TPSA) is 399 Å². The van der Waals surface area contributed by atoms with Crippen LogP contribution in [0.3, 0.4) is 0 Å². The van der Waals surface area contributed by atoms with Crippen LogP contribution in [-0.2, 0) is 77.6 Å². The van der Waals surface area contributed by atoms with E-state index in [0.717, 1.165) is 16.3 Å². The van der Waals surface area contributed by atoms with E-state index in [2.05, 4.69) is 35.2 Å². The lowest BCUT2D eigenvalue weighted by atomic mass is 9.88. The van der Waals surface area contributed by atoms with Crippen LogP contribution in [0.2, 0.25) is 0 Å². The lowest BCUT2D eigenvalue weighted by Crippen LogP contribution is -2.45. The van der Waals surface area contributed by atoms with Gasteiger partial charge in [-0.15, -0.1) is 0 Å². The van der Waals surface area contributed by atoms with Crippen LogP contribution >= 0.6 is 26.0 Å². The number of ketones is 2. The first-order valence-electron chi connectivity index (χ1n) is 25.9. The summed E-state index contributed by atoms with van der Waals surface area (Å²) in [5.74, 6) is -2.42.